The van der Waals surface area contributed by atoms with Crippen LogP contribution in [0.4, 0.5) is 0 Å². The number of rotatable bonds is 2. The Labute approximate surface area is 86.0 Å². The van der Waals surface area contributed by atoms with Crippen LogP contribution in [0.1, 0.15) is 44.9 Å². The van der Waals surface area contributed by atoms with Crippen molar-refractivity contribution in [1.29, 1.82) is 0 Å². The van der Waals surface area contributed by atoms with Gasteiger partial charge in [0.05, 0.1) is 6.61 Å². The number of hydrogen-bond donors (Lipinski definition) is 1. The zero-order valence-corrected chi connectivity index (χ0v) is 8.74. The average Bonchev–Trinajstić information content (AvgIpc) is 2.59. The molecule has 0 aromatic rings. The van der Waals surface area contributed by atoms with E-state index in [0.717, 1.165) is 18.8 Å². The molecule has 1 heterocycles. The van der Waals surface area contributed by atoms with E-state index >= 15 is 0 Å². The molecule has 14 heavy (non-hydrogen) atoms. The van der Waals surface area contributed by atoms with E-state index in [1.165, 1.54) is 38.5 Å². The van der Waals surface area contributed by atoms with Gasteiger partial charge < -0.3 is 9.84 Å². The van der Waals surface area contributed by atoms with Gasteiger partial charge in [0.15, 0.2) is 0 Å². The number of aliphatic hydroxyl groups is 1. The number of ether oxygens (including phenoxy) is 1. The first-order valence-electron chi connectivity index (χ1n) is 5.89. The second kappa shape index (κ2) is 4.83. The van der Waals surface area contributed by atoms with E-state index in [0.29, 0.717) is 5.92 Å². The molecule has 1 aliphatic carbocycles. The van der Waals surface area contributed by atoms with Crippen molar-refractivity contribution >= 4 is 0 Å². The standard InChI is InChI=1S/C12H20O2/c13-12(11-8-5-9-14-11)10-6-3-1-2-4-7-10/h8,10,12-13H,1-7,9H2. The molecule has 2 rings (SSSR count). The Morgan fingerprint density at radius 3 is 2.50 bits per heavy atom. The maximum atomic E-state index is 10.1. The molecule has 0 spiro atoms. The molecule has 2 aliphatic rings. The molecule has 0 aromatic heterocycles. The molecule has 2 nitrogen and oxygen atoms in total. The van der Waals surface area contributed by atoms with Gasteiger partial charge in [-0.2, -0.15) is 0 Å². The minimum Gasteiger partial charge on any atom is -0.495 e. The Hall–Kier alpha value is -0.500. The summed E-state index contributed by atoms with van der Waals surface area (Å²) in [5.41, 5.74) is 0. The summed E-state index contributed by atoms with van der Waals surface area (Å²) in [5, 5.41) is 10.1. The molecular weight excluding hydrogens is 176 g/mol. The van der Waals surface area contributed by atoms with Crippen molar-refractivity contribution in [3.05, 3.63) is 11.8 Å². The van der Waals surface area contributed by atoms with Crippen LogP contribution in [0.2, 0.25) is 0 Å². The summed E-state index contributed by atoms with van der Waals surface area (Å²) in [4.78, 5) is 0. The maximum Gasteiger partial charge on any atom is 0.121 e. The molecule has 1 N–H and O–H groups in total. The fourth-order valence-corrected chi connectivity index (χ4v) is 2.50. The van der Waals surface area contributed by atoms with Gasteiger partial charge in [0, 0.05) is 6.42 Å². The molecule has 80 valence electrons. The van der Waals surface area contributed by atoms with Gasteiger partial charge in [0.25, 0.3) is 0 Å². The highest BCUT2D eigenvalue weighted by atomic mass is 16.5. The topological polar surface area (TPSA) is 29.5 Å². The summed E-state index contributed by atoms with van der Waals surface area (Å²) in [6.07, 6.45) is 10.3. The second-order valence-corrected chi connectivity index (χ2v) is 4.44. The third kappa shape index (κ3) is 2.30. The van der Waals surface area contributed by atoms with Crippen molar-refractivity contribution < 1.29 is 9.84 Å². The molecule has 0 saturated heterocycles. The molecule has 1 aliphatic heterocycles. The van der Waals surface area contributed by atoms with Gasteiger partial charge in [-0.05, 0) is 24.8 Å². The monoisotopic (exact) mass is 196 g/mol. The van der Waals surface area contributed by atoms with Gasteiger partial charge in [-0.3, -0.25) is 0 Å². The Morgan fingerprint density at radius 1 is 1.21 bits per heavy atom. The van der Waals surface area contributed by atoms with E-state index in [2.05, 4.69) is 6.08 Å². The van der Waals surface area contributed by atoms with E-state index in [9.17, 15) is 5.11 Å². The first kappa shape index (κ1) is 10.0. The molecule has 2 heteroatoms. The van der Waals surface area contributed by atoms with Crippen LogP contribution in [0.25, 0.3) is 0 Å². The summed E-state index contributed by atoms with van der Waals surface area (Å²) in [6, 6.07) is 0. The number of hydrogen-bond acceptors (Lipinski definition) is 2. The van der Waals surface area contributed by atoms with Crippen LogP contribution in [0.3, 0.4) is 0 Å². The summed E-state index contributed by atoms with van der Waals surface area (Å²) < 4.78 is 5.42. The maximum absolute atomic E-state index is 10.1. The number of aliphatic hydroxyl groups excluding tert-OH is 1. The molecule has 0 radical (unpaired) electrons. The molecule has 1 unspecified atom stereocenters. The lowest BCUT2D eigenvalue weighted by atomic mass is 9.93. The minimum atomic E-state index is -0.324. The second-order valence-electron chi connectivity index (χ2n) is 4.44. The van der Waals surface area contributed by atoms with Gasteiger partial charge in [-0.25, -0.2) is 0 Å². The summed E-state index contributed by atoms with van der Waals surface area (Å²) >= 11 is 0. The third-order valence-corrected chi connectivity index (χ3v) is 3.37. The fraction of sp³-hybridized carbons (Fsp3) is 0.833. The molecule has 0 amide bonds. The highest BCUT2D eigenvalue weighted by Gasteiger charge is 2.26. The van der Waals surface area contributed by atoms with Crippen molar-refractivity contribution in [3.8, 4) is 0 Å². The first-order chi connectivity index (χ1) is 6.88. The fourth-order valence-electron chi connectivity index (χ4n) is 2.50. The van der Waals surface area contributed by atoms with Crippen molar-refractivity contribution in [2.45, 2.75) is 51.0 Å². The summed E-state index contributed by atoms with van der Waals surface area (Å²) in [6.45, 7) is 0.763. The lowest BCUT2D eigenvalue weighted by Crippen LogP contribution is -2.22. The normalized spacial score (nSPS) is 26.5. The van der Waals surface area contributed by atoms with E-state index < -0.39 is 0 Å². The van der Waals surface area contributed by atoms with Crippen molar-refractivity contribution in [2.24, 2.45) is 5.92 Å². The van der Waals surface area contributed by atoms with Crippen LogP contribution < -0.4 is 0 Å². The third-order valence-electron chi connectivity index (χ3n) is 3.37. The molecule has 0 aromatic carbocycles. The zero-order valence-electron chi connectivity index (χ0n) is 8.74. The predicted octanol–water partition coefficient (Wildman–Crippen LogP) is 2.62. The SMILES string of the molecule is OC(C1=CCCO1)C1CCCCCC1. The average molecular weight is 196 g/mol. The lowest BCUT2D eigenvalue weighted by molar-refractivity contribution is 0.0680. The Kier molecular flexibility index (Phi) is 3.46. The lowest BCUT2D eigenvalue weighted by Gasteiger charge is -2.21. The van der Waals surface area contributed by atoms with Crippen LogP contribution in [0.15, 0.2) is 11.8 Å². The molecule has 1 atom stereocenters. The van der Waals surface area contributed by atoms with E-state index in [1.807, 2.05) is 0 Å². The van der Waals surface area contributed by atoms with Crippen LogP contribution in [0, 0.1) is 5.92 Å². The zero-order chi connectivity index (χ0) is 9.80. The largest absolute Gasteiger partial charge is 0.495 e. The highest BCUT2D eigenvalue weighted by Crippen LogP contribution is 2.30. The summed E-state index contributed by atoms with van der Waals surface area (Å²) in [5.74, 6) is 1.29. The quantitative estimate of drug-likeness (QED) is 0.688. The summed E-state index contributed by atoms with van der Waals surface area (Å²) in [7, 11) is 0. The molecule has 1 fully saturated rings. The highest BCUT2D eigenvalue weighted by molar-refractivity contribution is 5.05. The molecule has 0 bridgehead atoms. The Morgan fingerprint density at radius 2 is 1.93 bits per heavy atom. The van der Waals surface area contributed by atoms with Gasteiger partial charge >= 0.3 is 0 Å². The van der Waals surface area contributed by atoms with Gasteiger partial charge in [0.2, 0.25) is 0 Å². The van der Waals surface area contributed by atoms with E-state index in [1.54, 1.807) is 0 Å². The van der Waals surface area contributed by atoms with Crippen LogP contribution in [-0.4, -0.2) is 17.8 Å². The van der Waals surface area contributed by atoms with E-state index in [4.69, 9.17) is 4.74 Å². The van der Waals surface area contributed by atoms with Crippen molar-refractivity contribution in [3.63, 3.8) is 0 Å². The smallest absolute Gasteiger partial charge is 0.121 e. The Bertz CT molecular complexity index is 202. The molecule has 1 saturated carbocycles. The van der Waals surface area contributed by atoms with Crippen molar-refractivity contribution in [2.75, 3.05) is 6.61 Å². The molecular formula is C12H20O2. The van der Waals surface area contributed by atoms with Crippen LogP contribution in [-0.2, 0) is 4.74 Å². The first-order valence-corrected chi connectivity index (χ1v) is 5.89. The van der Waals surface area contributed by atoms with Gasteiger partial charge in [-0.15, -0.1) is 0 Å². The van der Waals surface area contributed by atoms with E-state index in [-0.39, 0.29) is 6.10 Å². The van der Waals surface area contributed by atoms with Gasteiger partial charge in [-0.1, -0.05) is 25.7 Å². The predicted molar refractivity (Wildman–Crippen MR) is 55.9 cm³/mol. The van der Waals surface area contributed by atoms with Gasteiger partial charge in [0.1, 0.15) is 11.9 Å². The van der Waals surface area contributed by atoms with Crippen molar-refractivity contribution in [1.82, 2.24) is 0 Å². The Balaban J connectivity index is 1.91. The van der Waals surface area contributed by atoms with Crippen LogP contribution in [0.5, 0.6) is 0 Å². The minimum absolute atomic E-state index is 0.324. The van der Waals surface area contributed by atoms with Crippen LogP contribution >= 0.6 is 0 Å².